The van der Waals surface area contributed by atoms with E-state index >= 15 is 0 Å². The number of anilines is 1. The quantitative estimate of drug-likeness (QED) is 0.757. The van der Waals surface area contributed by atoms with Gasteiger partial charge in [-0.25, -0.2) is 0 Å². The summed E-state index contributed by atoms with van der Waals surface area (Å²) in [5.74, 6) is 0.793. The van der Waals surface area contributed by atoms with Gasteiger partial charge in [0, 0.05) is 26.1 Å². The summed E-state index contributed by atoms with van der Waals surface area (Å²) >= 11 is 0. The van der Waals surface area contributed by atoms with E-state index in [-0.39, 0.29) is 0 Å². The van der Waals surface area contributed by atoms with Crippen molar-refractivity contribution in [2.45, 2.75) is 19.3 Å². The fraction of sp³-hybridized carbons (Fsp3) is 0.778. The maximum absolute atomic E-state index is 5.18. The molecule has 0 atom stereocenters. The average molecular weight is 196 g/mol. The maximum atomic E-state index is 5.18. The Hall–Kier alpha value is -1.10. The Balaban J connectivity index is 1.94. The van der Waals surface area contributed by atoms with E-state index < -0.39 is 0 Å². The van der Waals surface area contributed by atoms with Gasteiger partial charge in [-0.2, -0.15) is 4.98 Å². The molecule has 2 rings (SSSR count). The van der Waals surface area contributed by atoms with Crippen LogP contribution in [0.1, 0.15) is 18.7 Å². The van der Waals surface area contributed by atoms with Gasteiger partial charge in [-0.1, -0.05) is 5.16 Å². The van der Waals surface area contributed by atoms with Crippen LogP contribution in [0.5, 0.6) is 0 Å². The smallest absolute Gasteiger partial charge is 0.324 e. The number of nitrogens with one attached hydrogen (secondary N) is 1. The Labute approximate surface area is 83.5 Å². The SMILES string of the molecule is CNCCc1noc(N2CCCC2)n1. The number of rotatable bonds is 4. The zero-order valence-electron chi connectivity index (χ0n) is 8.49. The van der Waals surface area contributed by atoms with Crippen LogP contribution in [0, 0.1) is 0 Å². The molecule has 2 heterocycles. The molecule has 0 aromatic carbocycles. The summed E-state index contributed by atoms with van der Waals surface area (Å²) in [6, 6.07) is 0.689. The molecule has 78 valence electrons. The van der Waals surface area contributed by atoms with Crippen LogP contribution in [0.25, 0.3) is 0 Å². The van der Waals surface area contributed by atoms with E-state index in [1.807, 2.05) is 7.05 Å². The second kappa shape index (κ2) is 4.41. The van der Waals surface area contributed by atoms with E-state index in [1.54, 1.807) is 0 Å². The molecular weight excluding hydrogens is 180 g/mol. The van der Waals surface area contributed by atoms with E-state index in [1.165, 1.54) is 12.8 Å². The average Bonchev–Trinajstić information content (AvgIpc) is 2.85. The topological polar surface area (TPSA) is 54.2 Å². The summed E-state index contributed by atoms with van der Waals surface area (Å²) in [5.41, 5.74) is 0. The summed E-state index contributed by atoms with van der Waals surface area (Å²) in [6.45, 7) is 2.99. The first-order chi connectivity index (χ1) is 6.90. The monoisotopic (exact) mass is 196 g/mol. The van der Waals surface area contributed by atoms with Gasteiger partial charge in [0.25, 0.3) is 0 Å². The Kier molecular flexibility index (Phi) is 2.98. The molecule has 1 aliphatic rings. The third kappa shape index (κ3) is 2.04. The number of hydrogen-bond donors (Lipinski definition) is 1. The highest BCUT2D eigenvalue weighted by Gasteiger charge is 2.17. The molecular formula is C9H16N4O. The van der Waals surface area contributed by atoms with Crippen LogP contribution in [0.2, 0.25) is 0 Å². The van der Waals surface area contributed by atoms with Crippen molar-refractivity contribution >= 4 is 6.01 Å². The van der Waals surface area contributed by atoms with Crippen LogP contribution in [0.3, 0.4) is 0 Å². The minimum absolute atomic E-state index is 0.689. The van der Waals surface area contributed by atoms with Crippen LogP contribution in [0.15, 0.2) is 4.52 Å². The fourth-order valence-corrected chi connectivity index (χ4v) is 1.62. The Bertz CT molecular complexity index is 280. The van der Waals surface area contributed by atoms with Crippen LogP contribution < -0.4 is 10.2 Å². The van der Waals surface area contributed by atoms with Gasteiger partial charge in [-0.15, -0.1) is 0 Å². The third-order valence-corrected chi connectivity index (χ3v) is 2.43. The van der Waals surface area contributed by atoms with E-state index in [2.05, 4.69) is 20.4 Å². The number of hydrogen-bond acceptors (Lipinski definition) is 5. The molecule has 0 radical (unpaired) electrons. The summed E-state index contributed by atoms with van der Waals surface area (Å²) in [6.07, 6.45) is 3.29. The van der Waals surface area contributed by atoms with Crippen molar-refractivity contribution in [1.82, 2.24) is 15.5 Å². The molecule has 1 fully saturated rings. The number of nitrogens with zero attached hydrogens (tertiary/aromatic N) is 3. The van der Waals surface area contributed by atoms with Crippen molar-refractivity contribution in [2.24, 2.45) is 0 Å². The molecule has 1 aromatic heterocycles. The summed E-state index contributed by atoms with van der Waals surface area (Å²) < 4.78 is 5.18. The molecule has 0 unspecified atom stereocenters. The van der Waals surface area contributed by atoms with E-state index in [9.17, 15) is 0 Å². The lowest BCUT2D eigenvalue weighted by Crippen LogP contribution is -2.18. The van der Waals surface area contributed by atoms with Crippen molar-refractivity contribution in [2.75, 3.05) is 31.6 Å². The molecule has 5 nitrogen and oxygen atoms in total. The van der Waals surface area contributed by atoms with Gasteiger partial charge in [0.15, 0.2) is 5.82 Å². The summed E-state index contributed by atoms with van der Waals surface area (Å²) in [4.78, 5) is 6.49. The van der Waals surface area contributed by atoms with Gasteiger partial charge in [-0.3, -0.25) is 0 Å². The second-order valence-electron chi connectivity index (χ2n) is 3.54. The number of likely N-dealkylation sites (N-methyl/N-ethyl adjacent to an activating group) is 1. The Morgan fingerprint density at radius 3 is 2.93 bits per heavy atom. The first-order valence-electron chi connectivity index (χ1n) is 5.12. The van der Waals surface area contributed by atoms with Gasteiger partial charge in [0.05, 0.1) is 0 Å². The minimum Gasteiger partial charge on any atom is -0.324 e. The van der Waals surface area contributed by atoms with Crippen LogP contribution in [-0.4, -0.2) is 36.8 Å². The highest BCUT2D eigenvalue weighted by Crippen LogP contribution is 2.17. The lowest BCUT2D eigenvalue weighted by molar-refractivity contribution is 0.410. The van der Waals surface area contributed by atoms with Gasteiger partial charge >= 0.3 is 6.01 Å². The van der Waals surface area contributed by atoms with Gasteiger partial charge in [0.1, 0.15) is 0 Å². The molecule has 0 spiro atoms. The predicted molar refractivity (Wildman–Crippen MR) is 53.4 cm³/mol. The van der Waals surface area contributed by atoms with Gasteiger partial charge in [-0.05, 0) is 19.9 Å². The predicted octanol–water partition coefficient (Wildman–Crippen LogP) is 0.432. The molecule has 0 saturated carbocycles. The lowest BCUT2D eigenvalue weighted by Gasteiger charge is -2.09. The minimum atomic E-state index is 0.689. The standard InChI is InChI=1S/C9H16N4O/c1-10-5-4-8-11-9(14-12-8)13-6-2-3-7-13/h10H,2-7H2,1H3. The van der Waals surface area contributed by atoms with Crippen LogP contribution in [-0.2, 0) is 6.42 Å². The molecule has 1 saturated heterocycles. The molecule has 1 aromatic rings. The molecule has 14 heavy (non-hydrogen) atoms. The molecule has 0 amide bonds. The highest BCUT2D eigenvalue weighted by atomic mass is 16.5. The maximum Gasteiger partial charge on any atom is 0.324 e. The third-order valence-electron chi connectivity index (χ3n) is 2.43. The van der Waals surface area contributed by atoms with E-state index in [4.69, 9.17) is 4.52 Å². The zero-order chi connectivity index (χ0) is 9.80. The fourth-order valence-electron chi connectivity index (χ4n) is 1.62. The zero-order valence-corrected chi connectivity index (χ0v) is 8.49. The normalized spacial score (nSPS) is 16.5. The second-order valence-corrected chi connectivity index (χ2v) is 3.54. The Morgan fingerprint density at radius 2 is 2.21 bits per heavy atom. The first-order valence-corrected chi connectivity index (χ1v) is 5.12. The van der Waals surface area contributed by atoms with Gasteiger partial charge < -0.3 is 14.7 Å². The van der Waals surface area contributed by atoms with Crippen molar-refractivity contribution < 1.29 is 4.52 Å². The molecule has 0 aliphatic carbocycles. The van der Waals surface area contributed by atoms with Crippen molar-refractivity contribution in [3.05, 3.63) is 5.82 Å². The molecule has 1 aliphatic heterocycles. The van der Waals surface area contributed by atoms with Crippen molar-refractivity contribution in [3.8, 4) is 0 Å². The molecule has 5 heteroatoms. The van der Waals surface area contributed by atoms with E-state index in [0.717, 1.165) is 31.9 Å². The molecule has 0 bridgehead atoms. The van der Waals surface area contributed by atoms with E-state index in [0.29, 0.717) is 6.01 Å². The van der Waals surface area contributed by atoms with Crippen molar-refractivity contribution in [1.29, 1.82) is 0 Å². The number of aromatic nitrogens is 2. The Morgan fingerprint density at radius 1 is 1.43 bits per heavy atom. The summed E-state index contributed by atoms with van der Waals surface area (Å²) in [5, 5.41) is 6.99. The van der Waals surface area contributed by atoms with Gasteiger partial charge in [0.2, 0.25) is 0 Å². The van der Waals surface area contributed by atoms with Crippen molar-refractivity contribution in [3.63, 3.8) is 0 Å². The first kappa shape index (κ1) is 9.45. The lowest BCUT2D eigenvalue weighted by atomic mass is 10.4. The highest BCUT2D eigenvalue weighted by molar-refractivity contribution is 5.26. The summed E-state index contributed by atoms with van der Waals surface area (Å²) in [7, 11) is 1.92. The van der Waals surface area contributed by atoms with Crippen LogP contribution >= 0.6 is 0 Å². The van der Waals surface area contributed by atoms with Crippen LogP contribution in [0.4, 0.5) is 6.01 Å². The molecule has 1 N–H and O–H groups in total. The largest absolute Gasteiger partial charge is 0.324 e.